The van der Waals surface area contributed by atoms with Gasteiger partial charge in [0.15, 0.2) is 0 Å². The predicted octanol–water partition coefficient (Wildman–Crippen LogP) is 2.69. The molecule has 1 aliphatic heterocycles. The summed E-state index contributed by atoms with van der Waals surface area (Å²) < 4.78 is 0. The fourth-order valence-corrected chi connectivity index (χ4v) is 2.76. The number of likely N-dealkylation sites (tertiary alicyclic amines) is 1. The standard InChI is InChI=1S/C15H18Cl2N2O2/c1-10(16)15(21)19-8-6-11(7-9-19)18-14(20)12-4-2-3-5-13(12)17/h2-5,10-11H,6-9H2,1H3,(H,18,20). The molecule has 1 saturated heterocycles. The van der Waals surface area contributed by atoms with Crippen LogP contribution in [-0.2, 0) is 4.79 Å². The van der Waals surface area contributed by atoms with Gasteiger partial charge in [0.05, 0.1) is 10.6 Å². The zero-order chi connectivity index (χ0) is 15.4. The van der Waals surface area contributed by atoms with Crippen molar-refractivity contribution in [2.45, 2.75) is 31.2 Å². The maximum atomic E-state index is 12.2. The quantitative estimate of drug-likeness (QED) is 0.867. The summed E-state index contributed by atoms with van der Waals surface area (Å²) >= 11 is 11.8. The Morgan fingerprint density at radius 1 is 1.29 bits per heavy atom. The van der Waals surface area contributed by atoms with E-state index in [9.17, 15) is 9.59 Å². The molecule has 0 aromatic heterocycles. The van der Waals surface area contributed by atoms with Gasteiger partial charge in [-0.1, -0.05) is 23.7 Å². The summed E-state index contributed by atoms with van der Waals surface area (Å²) in [5.41, 5.74) is 0.479. The molecule has 2 amide bonds. The molecule has 0 saturated carbocycles. The summed E-state index contributed by atoms with van der Waals surface area (Å²) in [7, 11) is 0. The first-order valence-electron chi connectivity index (χ1n) is 6.97. The second-order valence-electron chi connectivity index (χ2n) is 5.17. The van der Waals surface area contributed by atoms with E-state index in [0.717, 1.165) is 12.8 Å². The van der Waals surface area contributed by atoms with Crippen LogP contribution in [0.15, 0.2) is 24.3 Å². The first-order chi connectivity index (χ1) is 9.99. The molecule has 4 nitrogen and oxygen atoms in total. The molecule has 6 heteroatoms. The molecule has 1 heterocycles. The monoisotopic (exact) mass is 328 g/mol. The van der Waals surface area contributed by atoms with E-state index >= 15 is 0 Å². The number of piperidine rings is 1. The fourth-order valence-electron chi connectivity index (χ4n) is 2.40. The minimum Gasteiger partial charge on any atom is -0.349 e. The number of benzene rings is 1. The van der Waals surface area contributed by atoms with Gasteiger partial charge in [-0.2, -0.15) is 0 Å². The number of carbonyl (C=O) groups is 2. The Balaban J connectivity index is 1.88. The maximum absolute atomic E-state index is 12.2. The highest BCUT2D eigenvalue weighted by Gasteiger charge is 2.26. The lowest BCUT2D eigenvalue weighted by Crippen LogP contribution is -2.48. The van der Waals surface area contributed by atoms with Gasteiger partial charge in [0.2, 0.25) is 5.91 Å². The van der Waals surface area contributed by atoms with Gasteiger partial charge in [0.25, 0.3) is 5.91 Å². The highest BCUT2D eigenvalue weighted by atomic mass is 35.5. The number of halogens is 2. The average Bonchev–Trinajstić information content (AvgIpc) is 2.47. The van der Waals surface area contributed by atoms with Crippen molar-refractivity contribution in [3.63, 3.8) is 0 Å². The number of alkyl halides is 1. The number of hydrogen-bond donors (Lipinski definition) is 1. The third kappa shape index (κ3) is 4.11. The fraction of sp³-hybridized carbons (Fsp3) is 0.467. The molecule has 1 atom stereocenters. The normalized spacial score (nSPS) is 17.4. The lowest BCUT2D eigenvalue weighted by atomic mass is 10.0. The highest BCUT2D eigenvalue weighted by Crippen LogP contribution is 2.17. The van der Waals surface area contributed by atoms with Crippen LogP contribution in [0, 0.1) is 0 Å². The molecule has 21 heavy (non-hydrogen) atoms. The molecule has 0 spiro atoms. The van der Waals surface area contributed by atoms with Gasteiger partial charge in [-0.25, -0.2) is 0 Å². The first-order valence-corrected chi connectivity index (χ1v) is 7.78. The van der Waals surface area contributed by atoms with E-state index in [0.29, 0.717) is 23.7 Å². The van der Waals surface area contributed by atoms with Crippen molar-refractivity contribution < 1.29 is 9.59 Å². The van der Waals surface area contributed by atoms with Gasteiger partial charge in [0.1, 0.15) is 5.38 Å². The van der Waals surface area contributed by atoms with E-state index in [1.807, 2.05) is 0 Å². The van der Waals surface area contributed by atoms with Crippen LogP contribution in [0.3, 0.4) is 0 Å². The van der Waals surface area contributed by atoms with E-state index in [4.69, 9.17) is 23.2 Å². The van der Waals surface area contributed by atoms with Gasteiger partial charge < -0.3 is 10.2 Å². The molecular weight excluding hydrogens is 311 g/mol. The third-order valence-electron chi connectivity index (χ3n) is 3.60. The molecule has 0 aliphatic carbocycles. The number of hydrogen-bond acceptors (Lipinski definition) is 2. The topological polar surface area (TPSA) is 49.4 Å². The molecule has 1 unspecified atom stereocenters. The number of rotatable bonds is 3. The first kappa shape index (κ1) is 16.1. The van der Waals surface area contributed by atoms with Crippen LogP contribution in [0.1, 0.15) is 30.1 Å². The third-order valence-corrected chi connectivity index (χ3v) is 4.12. The SMILES string of the molecule is CC(Cl)C(=O)N1CCC(NC(=O)c2ccccc2Cl)CC1. The predicted molar refractivity (Wildman–Crippen MR) is 83.8 cm³/mol. The van der Waals surface area contributed by atoms with Crippen molar-refractivity contribution >= 4 is 35.0 Å². The smallest absolute Gasteiger partial charge is 0.253 e. The van der Waals surface area contributed by atoms with Gasteiger partial charge in [-0.15, -0.1) is 11.6 Å². The lowest BCUT2D eigenvalue weighted by molar-refractivity contribution is -0.131. The molecule has 1 fully saturated rings. The Hall–Kier alpha value is -1.26. The Morgan fingerprint density at radius 2 is 1.90 bits per heavy atom. The molecule has 114 valence electrons. The van der Waals surface area contributed by atoms with E-state index in [1.165, 1.54) is 0 Å². The average molecular weight is 329 g/mol. The van der Waals surface area contributed by atoms with Crippen molar-refractivity contribution in [1.29, 1.82) is 0 Å². The van der Waals surface area contributed by atoms with Crippen molar-refractivity contribution in [2.75, 3.05) is 13.1 Å². The van der Waals surface area contributed by atoms with E-state index in [-0.39, 0.29) is 17.9 Å². The number of amides is 2. The van der Waals surface area contributed by atoms with Gasteiger partial charge >= 0.3 is 0 Å². The summed E-state index contributed by atoms with van der Waals surface area (Å²) in [5, 5.41) is 2.91. The largest absolute Gasteiger partial charge is 0.349 e. The Bertz CT molecular complexity index is 526. The number of carbonyl (C=O) groups excluding carboxylic acids is 2. The van der Waals surface area contributed by atoms with Crippen LogP contribution in [0.2, 0.25) is 5.02 Å². The summed E-state index contributed by atoms with van der Waals surface area (Å²) in [6.45, 7) is 2.90. The number of nitrogens with zero attached hydrogens (tertiary/aromatic N) is 1. The summed E-state index contributed by atoms with van der Waals surface area (Å²) in [6.07, 6.45) is 1.46. The summed E-state index contributed by atoms with van der Waals surface area (Å²) in [6, 6.07) is 7.02. The minimum atomic E-state index is -0.501. The zero-order valence-corrected chi connectivity index (χ0v) is 13.3. The Labute approximate surface area is 134 Å². The minimum absolute atomic E-state index is 0.0486. The van der Waals surface area contributed by atoms with E-state index < -0.39 is 5.38 Å². The molecule has 1 aromatic rings. The Morgan fingerprint density at radius 3 is 2.48 bits per heavy atom. The maximum Gasteiger partial charge on any atom is 0.253 e. The molecule has 1 aromatic carbocycles. The molecule has 1 N–H and O–H groups in total. The zero-order valence-electron chi connectivity index (χ0n) is 11.8. The van der Waals surface area contributed by atoms with Gasteiger partial charge in [-0.05, 0) is 31.9 Å². The molecule has 2 rings (SSSR count). The van der Waals surface area contributed by atoms with Crippen molar-refractivity contribution in [1.82, 2.24) is 10.2 Å². The second kappa shape index (κ2) is 7.14. The molecular formula is C15H18Cl2N2O2. The summed E-state index contributed by atoms with van der Waals surface area (Å²) in [4.78, 5) is 25.7. The molecule has 0 bridgehead atoms. The van der Waals surface area contributed by atoms with Crippen LogP contribution >= 0.6 is 23.2 Å². The Kier molecular flexibility index (Phi) is 5.48. The van der Waals surface area contributed by atoms with Crippen LogP contribution in [0.25, 0.3) is 0 Å². The van der Waals surface area contributed by atoms with Crippen LogP contribution in [0.4, 0.5) is 0 Å². The van der Waals surface area contributed by atoms with Gasteiger partial charge in [-0.3, -0.25) is 9.59 Å². The van der Waals surface area contributed by atoms with Crippen LogP contribution in [0.5, 0.6) is 0 Å². The van der Waals surface area contributed by atoms with Crippen molar-refractivity contribution in [2.24, 2.45) is 0 Å². The second-order valence-corrected chi connectivity index (χ2v) is 6.23. The molecule has 0 radical (unpaired) electrons. The van der Waals surface area contributed by atoms with Gasteiger partial charge in [0, 0.05) is 19.1 Å². The molecule has 1 aliphatic rings. The number of nitrogens with one attached hydrogen (secondary N) is 1. The highest BCUT2D eigenvalue weighted by molar-refractivity contribution is 6.33. The van der Waals surface area contributed by atoms with E-state index in [2.05, 4.69) is 5.32 Å². The summed E-state index contributed by atoms with van der Waals surface area (Å²) in [5.74, 6) is -0.219. The van der Waals surface area contributed by atoms with E-state index in [1.54, 1.807) is 36.1 Å². The van der Waals surface area contributed by atoms with Crippen LogP contribution < -0.4 is 5.32 Å². The van der Waals surface area contributed by atoms with Crippen molar-refractivity contribution in [3.8, 4) is 0 Å². The lowest BCUT2D eigenvalue weighted by Gasteiger charge is -2.33. The van der Waals surface area contributed by atoms with Crippen molar-refractivity contribution in [3.05, 3.63) is 34.9 Å². The van der Waals surface area contributed by atoms with Crippen LogP contribution in [-0.4, -0.2) is 41.2 Å².